The maximum Gasteiger partial charge on any atom is 0.233 e. The highest BCUT2D eigenvalue weighted by atomic mass is 35.5. The molecule has 1 amide bonds. The fraction of sp³-hybridized carbons (Fsp3) is 0.179. The number of guanidine groups is 1. The zero-order chi connectivity index (χ0) is 25.0. The van der Waals surface area contributed by atoms with Gasteiger partial charge in [0.15, 0.2) is 0 Å². The first-order valence-electron chi connectivity index (χ1n) is 11.3. The van der Waals surface area contributed by atoms with E-state index in [1.165, 1.54) is 6.20 Å². The van der Waals surface area contributed by atoms with Gasteiger partial charge in [-0.05, 0) is 53.7 Å². The van der Waals surface area contributed by atoms with Crippen molar-refractivity contribution in [3.63, 3.8) is 0 Å². The maximum atomic E-state index is 13.5. The summed E-state index contributed by atoms with van der Waals surface area (Å²) in [6.07, 6.45) is 3.33. The van der Waals surface area contributed by atoms with E-state index in [9.17, 15) is 4.79 Å². The van der Waals surface area contributed by atoms with Gasteiger partial charge in [0.25, 0.3) is 0 Å². The van der Waals surface area contributed by atoms with Crippen LogP contribution in [-0.2, 0) is 4.79 Å². The molecule has 1 atom stereocenters. The standard InChI is InChI=1S/C28H28ClN5O/c1-5-31-27(30-4)33-26(35)28(2,3)25(19-9-7-6-8-10-19)20-11-16-24-21(17-20)18-32-34(24)23-14-12-22(29)13-15-23/h5-18,25H,1H2,2-4H3,(H2,30,31,33,35). The van der Waals surface area contributed by atoms with E-state index in [1.807, 2.05) is 73.3 Å². The van der Waals surface area contributed by atoms with E-state index in [-0.39, 0.29) is 11.8 Å². The van der Waals surface area contributed by atoms with E-state index in [0.29, 0.717) is 11.0 Å². The maximum absolute atomic E-state index is 13.5. The molecule has 7 heteroatoms. The molecule has 0 fully saturated rings. The number of nitrogens with zero attached hydrogens (tertiary/aromatic N) is 3. The van der Waals surface area contributed by atoms with Crippen LogP contribution in [0.25, 0.3) is 16.6 Å². The largest absolute Gasteiger partial charge is 0.333 e. The van der Waals surface area contributed by atoms with E-state index in [2.05, 4.69) is 51.6 Å². The van der Waals surface area contributed by atoms with Crippen molar-refractivity contribution < 1.29 is 4.79 Å². The van der Waals surface area contributed by atoms with Crippen LogP contribution in [0.3, 0.4) is 0 Å². The van der Waals surface area contributed by atoms with Crippen molar-refractivity contribution >= 4 is 34.4 Å². The van der Waals surface area contributed by atoms with Crippen LogP contribution in [0.1, 0.15) is 30.9 Å². The first-order valence-corrected chi connectivity index (χ1v) is 11.7. The molecule has 0 saturated carbocycles. The number of aliphatic imine (C=N–C) groups is 1. The van der Waals surface area contributed by atoms with Crippen LogP contribution in [-0.4, -0.2) is 28.7 Å². The predicted octanol–water partition coefficient (Wildman–Crippen LogP) is 5.67. The number of fused-ring (bicyclic) bond motifs is 1. The molecule has 1 aromatic heterocycles. The highest BCUT2D eigenvalue weighted by Crippen LogP contribution is 2.42. The Hall–Kier alpha value is -3.90. The molecule has 35 heavy (non-hydrogen) atoms. The number of aromatic nitrogens is 2. The molecule has 0 bridgehead atoms. The SMILES string of the molecule is C=CNC(=NC)NC(=O)C(C)(C)C(c1ccccc1)c1ccc2c(cnn2-c2ccc(Cl)cc2)c1. The van der Waals surface area contributed by atoms with Crippen molar-refractivity contribution in [3.05, 3.63) is 108 Å². The van der Waals surface area contributed by atoms with E-state index in [4.69, 9.17) is 11.6 Å². The lowest BCUT2D eigenvalue weighted by molar-refractivity contribution is -0.128. The molecule has 0 aliphatic carbocycles. The van der Waals surface area contributed by atoms with Crippen LogP contribution in [0.15, 0.2) is 96.8 Å². The molecule has 1 heterocycles. The van der Waals surface area contributed by atoms with Crippen LogP contribution in [0.2, 0.25) is 5.02 Å². The Morgan fingerprint density at radius 1 is 1.09 bits per heavy atom. The van der Waals surface area contributed by atoms with Crippen LogP contribution in [0.5, 0.6) is 0 Å². The average molecular weight is 486 g/mol. The van der Waals surface area contributed by atoms with Gasteiger partial charge >= 0.3 is 0 Å². The van der Waals surface area contributed by atoms with Gasteiger partial charge in [-0.1, -0.05) is 68.4 Å². The summed E-state index contributed by atoms with van der Waals surface area (Å²) < 4.78 is 1.88. The molecule has 1 unspecified atom stereocenters. The molecular weight excluding hydrogens is 458 g/mol. The Balaban J connectivity index is 1.77. The predicted molar refractivity (Wildman–Crippen MR) is 143 cm³/mol. The molecule has 4 rings (SSSR count). The average Bonchev–Trinajstić information content (AvgIpc) is 3.28. The lowest BCUT2D eigenvalue weighted by Gasteiger charge is -2.34. The van der Waals surface area contributed by atoms with Gasteiger partial charge in [0.2, 0.25) is 11.9 Å². The third-order valence-corrected chi connectivity index (χ3v) is 6.38. The van der Waals surface area contributed by atoms with Crippen molar-refractivity contribution in [1.29, 1.82) is 0 Å². The van der Waals surface area contributed by atoms with Gasteiger partial charge < -0.3 is 5.32 Å². The number of benzene rings is 3. The smallest absolute Gasteiger partial charge is 0.233 e. The molecule has 0 saturated heterocycles. The summed E-state index contributed by atoms with van der Waals surface area (Å²) in [5.74, 6) is -0.0170. The molecule has 2 N–H and O–H groups in total. The molecule has 0 spiro atoms. The lowest BCUT2D eigenvalue weighted by Crippen LogP contribution is -2.47. The minimum atomic E-state index is -0.806. The number of amides is 1. The molecule has 6 nitrogen and oxygen atoms in total. The normalized spacial score (nSPS) is 12.9. The zero-order valence-electron chi connectivity index (χ0n) is 20.0. The zero-order valence-corrected chi connectivity index (χ0v) is 20.8. The summed E-state index contributed by atoms with van der Waals surface area (Å²) in [6.45, 7) is 7.54. The Labute approximate surface area is 210 Å². The second-order valence-electron chi connectivity index (χ2n) is 8.79. The fourth-order valence-electron chi connectivity index (χ4n) is 4.34. The van der Waals surface area contributed by atoms with Gasteiger partial charge in [-0.25, -0.2) is 4.68 Å². The van der Waals surface area contributed by atoms with Gasteiger partial charge in [-0.3, -0.25) is 15.1 Å². The van der Waals surface area contributed by atoms with Crippen LogP contribution in [0, 0.1) is 5.41 Å². The molecule has 3 aromatic carbocycles. The number of rotatable bonds is 6. The topological polar surface area (TPSA) is 71.3 Å². The minimum Gasteiger partial charge on any atom is -0.333 e. The van der Waals surface area contributed by atoms with Crippen LogP contribution in [0.4, 0.5) is 0 Å². The van der Waals surface area contributed by atoms with Crippen LogP contribution < -0.4 is 10.6 Å². The number of hydrogen-bond donors (Lipinski definition) is 2. The Morgan fingerprint density at radius 2 is 1.80 bits per heavy atom. The van der Waals surface area contributed by atoms with Crippen LogP contribution >= 0.6 is 11.6 Å². The third-order valence-electron chi connectivity index (χ3n) is 6.13. The Morgan fingerprint density at radius 3 is 2.46 bits per heavy atom. The first-order chi connectivity index (χ1) is 16.8. The molecule has 4 aromatic rings. The van der Waals surface area contributed by atoms with Crippen molar-refractivity contribution in [1.82, 2.24) is 20.4 Å². The van der Waals surface area contributed by atoms with Crippen molar-refractivity contribution in [2.24, 2.45) is 10.4 Å². The van der Waals surface area contributed by atoms with Gasteiger partial charge in [-0.2, -0.15) is 5.10 Å². The van der Waals surface area contributed by atoms with Crippen molar-refractivity contribution in [2.75, 3.05) is 7.05 Å². The minimum absolute atomic E-state index is 0.154. The molecular formula is C28H28ClN5O. The monoisotopic (exact) mass is 485 g/mol. The lowest BCUT2D eigenvalue weighted by atomic mass is 9.70. The summed E-state index contributed by atoms with van der Waals surface area (Å²) in [5.41, 5.74) is 3.16. The highest BCUT2D eigenvalue weighted by Gasteiger charge is 2.39. The summed E-state index contributed by atoms with van der Waals surface area (Å²) in [5, 5.41) is 12.0. The molecule has 0 radical (unpaired) electrons. The Kier molecular flexibility index (Phi) is 7.03. The van der Waals surface area contributed by atoms with E-state index in [0.717, 1.165) is 27.7 Å². The first kappa shape index (κ1) is 24.2. The summed E-state index contributed by atoms with van der Waals surface area (Å²) in [6, 6.07) is 23.9. The molecule has 178 valence electrons. The highest BCUT2D eigenvalue weighted by molar-refractivity contribution is 6.30. The number of hydrogen-bond acceptors (Lipinski definition) is 3. The van der Waals surface area contributed by atoms with Gasteiger partial charge in [0.05, 0.1) is 22.8 Å². The molecule has 0 aliphatic heterocycles. The summed E-state index contributed by atoms with van der Waals surface area (Å²) >= 11 is 6.05. The van der Waals surface area contributed by atoms with E-state index in [1.54, 1.807) is 7.05 Å². The summed E-state index contributed by atoms with van der Waals surface area (Å²) in [7, 11) is 1.61. The summed E-state index contributed by atoms with van der Waals surface area (Å²) in [4.78, 5) is 17.6. The van der Waals surface area contributed by atoms with Gasteiger partial charge in [-0.15, -0.1) is 0 Å². The van der Waals surface area contributed by atoms with E-state index >= 15 is 0 Å². The van der Waals surface area contributed by atoms with Gasteiger partial charge in [0, 0.05) is 23.4 Å². The fourth-order valence-corrected chi connectivity index (χ4v) is 4.47. The van der Waals surface area contributed by atoms with Gasteiger partial charge in [0.1, 0.15) is 0 Å². The second kappa shape index (κ2) is 10.2. The number of carbonyl (C=O) groups is 1. The Bertz CT molecular complexity index is 1370. The third kappa shape index (κ3) is 4.98. The number of halogens is 1. The van der Waals surface area contributed by atoms with Crippen molar-refractivity contribution in [2.45, 2.75) is 19.8 Å². The number of nitrogens with one attached hydrogen (secondary N) is 2. The number of carbonyl (C=O) groups excluding carboxylic acids is 1. The second-order valence-corrected chi connectivity index (χ2v) is 9.23. The quantitative estimate of drug-likeness (QED) is 0.273. The van der Waals surface area contributed by atoms with Crippen molar-refractivity contribution in [3.8, 4) is 5.69 Å². The molecule has 0 aliphatic rings. The van der Waals surface area contributed by atoms with E-state index < -0.39 is 5.41 Å².